The van der Waals surface area contributed by atoms with Gasteiger partial charge in [-0.3, -0.25) is 14.3 Å². The van der Waals surface area contributed by atoms with E-state index in [9.17, 15) is 9.59 Å². The maximum Gasteiger partial charge on any atom is 0.244 e. The molecule has 3 rings (SSSR count). The zero-order valence-corrected chi connectivity index (χ0v) is 14.6. The standard InChI is InChI=1S/C17H26N4O3/c1-16(2)12-17(13(24-16)10-14(22)18-3)6-4-9-21(17)15(23)11-20-8-5-7-19-20/h5,7-8,13H,4,6,9-12H2,1-3H3,(H,18,22)/t13-,17+/m0/s1. The number of likely N-dealkylation sites (tertiary alicyclic amines) is 1. The molecule has 24 heavy (non-hydrogen) atoms. The van der Waals surface area contributed by atoms with Crippen LogP contribution in [0.25, 0.3) is 0 Å². The van der Waals surface area contributed by atoms with Crippen molar-refractivity contribution >= 4 is 11.8 Å². The van der Waals surface area contributed by atoms with Gasteiger partial charge in [0.25, 0.3) is 0 Å². The Bertz CT molecular complexity index is 613. The van der Waals surface area contributed by atoms with Crippen molar-refractivity contribution in [2.45, 2.75) is 63.3 Å². The van der Waals surface area contributed by atoms with Crippen LogP contribution in [0.2, 0.25) is 0 Å². The van der Waals surface area contributed by atoms with Gasteiger partial charge < -0.3 is 15.0 Å². The number of carbonyl (C=O) groups excluding carboxylic acids is 2. The molecule has 7 heteroatoms. The van der Waals surface area contributed by atoms with Crippen LogP contribution in [-0.4, -0.2) is 57.3 Å². The van der Waals surface area contributed by atoms with E-state index in [0.717, 1.165) is 19.3 Å². The van der Waals surface area contributed by atoms with Crippen molar-refractivity contribution in [2.24, 2.45) is 0 Å². The number of hydrogen-bond acceptors (Lipinski definition) is 4. The Morgan fingerprint density at radius 1 is 1.42 bits per heavy atom. The summed E-state index contributed by atoms with van der Waals surface area (Å²) in [4.78, 5) is 26.8. The van der Waals surface area contributed by atoms with Gasteiger partial charge in [-0.2, -0.15) is 5.10 Å². The van der Waals surface area contributed by atoms with Gasteiger partial charge in [0.2, 0.25) is 11.8 Å². The largest absolute Gasteiger partial charge is 0.369 e. The van der Waals surface area contributed by atoms with Crippen LogP contribution >= 0.6 is 0 Å². The number of aromatic nitrogens is 2. The van der Waals surface area contributed by atoms with E-state index in [0.29, 0.717) is 6.54 Å². The van der Waals surface area contributed by atoms with Crippen molar-refractivity contribution < 1.29 is 14.3 Å². The highest BCUT2D eigenvalue weighted by Crippen LogP contribution is 2.48. The first kappa shape index (κ1) is 17.0. The van der Waals surface area contributed by atoms with Crippen LogP contribution < -0.4 is 5.32 Å². The Hall–Kier alpha value is -1.89. The number of nitrogens with zero attached hydrogens (tertiary/aromatic N) is 3. The second-order valence-corrected chi connectivity index (χ2v) is 7.38. The summed E-state index contributed by atoms with van der Waals surface area (Å²) >= 11 is 0. The lowest BCUT2D eigenvalue weighted by Gasteiger charge is -2.38. The zero-order valence-electron chi connectivity index (χ0n) is 14.6. The molecule has 132 valence electrons. The molecule has 0 aromatic carbocycles. The van der Waals surface area contributed by atoms with Gasteiger partial charge in [-0.1, -0.05) is 0 Å². The monoisotopic (exact) mass is 334 g/mol. The van der Waals surface area contributed by atoms with Gasteiger partial charge in [0.15, 0.2) is 0 Å². The topological polar surface area (TPSA) is 76.5 Å². The smallest absolute Gasteiger partial charge is 0.244 e. The summed E-state index contributed by atoms with van der Waals surface area (Å²) in [6, 6.07) is 1.81. The lowest BCUT2D eigenvalue weighted by atomic mass is 9.82. The Morgan fingerprint density at radius 3 is 2.88 bits per heavy atom. The first-order valence-electron chi connectivity index (χ1n) is 8.53. The van der Waals surface area contributed by atoms with Crippen molar-refractivity contribution in [1.29, 1.82) is 0 Å². The molecule has 1 aromatic heterocycles. The minimum Gasteiger partial charge on any atom is -0.369 e. The quantitative estimate of drug-likeness (QED) is 0.889. The average molecular weight is 334 g/mol. The summed E-state index contributed by atoms with van der Waals surface area (Å²) in [5.41, 5.74) is -0.729. The molecule has 0 unspecified atom stereocenters. The van der Waals surface area contributed by atoms with Gasteiger partial charge in [-0.15, -0.1) is 0 Å². The van der Waals surface area contributed by atoms with E-state index in [1.807, 2.05) is 24.8 Å². The second kappa shape index (κ2) is 6.20. The Kier molecular flexibility index (Phi) is 4.38. The molecule has 1 aromatic rings. The molecule has 1 N–H and O–H groups in total. The molecule has 1 spiro atoms. The number of hydrogen-bond donors (Lipinski definition) is 1. The van der Waals surface area contributed by atoms with Gasteiger partial charge in [0.05, 0.1) is 23.7 Å². The fourth-order valence-electron chi connectivity index (χ4n) is 4.30. The fraction of sp³-hybridized carbons (Fsp3) is 0.706. The lowest BCUT2D eigenvalue weighted by molar-refractivity contribution is -0.141. The van der Waals surface area contributed by atoms with Crippen molar-refractivity contribution in [2.75, 3.05) is 13.6 Å². The fourth-order valence-corrected chi connectivity index (χ4v) is 4.30. The maximum absolute atomic E-state index is 12.9. The van der Waals surface area contributed by atoms with Crippen molar-refractivity contribution in [3.63, 3.8) is 0 Å². The van der Waals surface area contributed by atoms with E-state index in [1.165, 1.54) is 0 Å². The minimum atomic E-state index is -0.389. The van der Waals surface area contributed by atoms with Crippen LogP contribution in [0.1, 0.15) is 39.5 Å². The average Bonchev–Trinajstić information content (AvgIpc) is 3.20. The van der Waals surface area contributed by atoms with Crippen LogP contribution in [-0.2, 0) is 20.9 Å². The Morgan fingerprint density at radius 2 is 2.21 bits per heavy atom. The van der Waals surface area contributed by atoms with Gasteiger partial charge >= 0.3 is 0 Å². The van der Waals surface area contributed by atoms with Crippen LogP contribution in [0.5, 0.6) is 0 Å². The molecule has 0 radical (unpaired) electrons. The number of ether oxygens (including phenoxy) is 1. The minimum absolute atomic E-state index is 0.0411. The molecular formula is C17H26N4O3. The van der Waals surface area contributed by atoms with Crippen LogP contribution in [0.15, 0.2) is 18.5 Å². The van der Waals surface area contributed by atoms with Crippen molar-refractivity contribution in [1.82, 2.24) is 20.0 Å². The normalized spacial score (nSPS) is 28.5. The molecule has 2 saturated heterocycles. The molecule has 2 amide bonds. The molecule has 2 aliphatic heterocycles. The van der Waals surface area contributed by atoms with Gasteiger partial charge in [0, 0.05) is 32.4 Å². The number of rotatable bonds is 4. The summed E-state index contributed by atoms with van der Waals surface area (Å²) in [6.45, 7) is 5.01. The van der Waals surface area contributed by atoms with Gasteiger partial charge in [0.1, 0.15) is 6.54 Å². The van der Waals surface area contributed by atoms with Crippen molar-refractivity contribution in [3.05, 3.63) is 18.5 Å². The summed E-state index contributed by atoms with van der Waals surface area (Å²) in [5.74, 6) is -0.0112. The van der Waals surface area contributed by atoms with E-state index in [1.54, 1.807) is 24.1 Å². The third kappa shape index (κ3) is 3.05. The van der Waals surface area contributed by atoms with E-state index in [-0.39, 0.29) is 42.0 Å². The zero-order chi connectivity index (χ0) is 17.4. The second-order valence-electron chi connectivity index (χ2n) is 7.38. The molecular weight excluding hydrogens is 308 g/mol. The SMILES string of the molecule is CNC(=O)C[C@@H]1OC(C)(C)C[C@]12CCCN2C(=O)Cn1cccn1. The van der Waals surface area contributed by atoms with E-state index >= 15 is 0 Å². The summed E-state index contributed by atoms with van der Waals surface area (Å²) in [6.07, 6.45) is 6.05. The highest BCUT2D eigenvalue weighted by Gasteiger charge is 2.58. The first-order valence-corrected chi connectivity index (χ1v) is 8.53. The number of carbonyl (C=O) groups is 2. The highest BCUT2D eigenvalue weighted by atomic mass is 16.5. The number of amides is 2. The molecule has 7 nitrogen and oxygen atoms in total. The molecule has 2 fully saturated rings. The van der Waals surface area contributed by atoms with E-state index in [4.69, 9.17) is 4.74 Å². The number of nitrogens with one attached hydrogen (secondary N) is 1. The van der Waals surface area contributed by atoms with Crippen LogP contribution in [0, 0.1) is 0 Å². The third-order valence-corrected chi connectivity index (χ3v) is 5.13. The predicted molar refractivity (Wildman–Crippen MR) is 88.2 cm³/mol. The molecule has 2 atom stereocenters. The van der Waals surface area contributed by atoms with Crippen LogP contribution in [0.4, 0.5) is 0 Å². The first-order chi connectivity index (χ1) is 11.4. The predicted octanol–water partition coefficient (Wildman–Crippen LogP) is 0.948. The van der Waals surface area contributed by atoms with Crippen molar-refractivity contribution in [3.8, 4) is 0 Å². The molecule has 0 saturated carbocycles. The van der Waals surface area contributed by atoms with Gasteiger partial charge in [-0.05, 0) is 32.8 Å². The Balaban J connectivity index is 1.84. The van der Waals surface area contributed by atoms with Gasteiger partial charge in [-0.25, -0.2) is 0 Å². The maximum atomic E-state index is 12.9. The Labute approximate surface area is 142 Å². The summed E-state index contributed by atoms with van der Waals surface area (Å²) < 4.78 is 7.84. The van der Waals surface area contributed by atoms with E-state index < -0.39 is 0 Å². The highest BCUT2D eigenvalue weighted by molar-refractivity contribution is 5.79. The van der Waals surface area contributed by atoms with Crippen LogP contribution in [0.3, 0.4) is 0 Å². The third-order valence-electron chi connectivity index (χ3n) is 5.13. The lowest BCUT2D eigenvalue weighted by Crippen LogP contribution is -2.54. The summed E-state index contributed by atoms with van der Waals surface area (Å²) in [7, 11) is 1.63. The van der Waals surface area contributed by atoms with E-state index in [2.05, 4.69) is 10.4 Å². The molecule has 0 aliphatic carbocycles. The molecule has 2 aliphatic rings. The summed E-state index contributed by atoms with van der Waals surface area (Å²) in [5, 5.41) is 6.80. The molecule has 0 bridgehead atoms. The molecule has 3 heterocycles.